The highest BCUT2D eigenvalue weighted by atomic mass is 16.3. The highest BCUT2D eigenvalue weighted by Gasteiger charge is 2.16. The van der Waals surface area contributed by atoms with Gasteiger partial charge < -0.3 is 5.11 Å². The van der Waals surface area contributed by atoms with Crippen molar-refractivity contribution in [1.29, 1.82) is 0 Å². The summed E-state index contributed by atoms with van der Waals surface area (Å²) < 4.78 is 2.03. The molecule has 1 saturated carbocycles. The molecule has 0 unspecified atom stereocenters. The Morgan fingerprint density at radius 1 is 1.10 bits per heavy atom. The van der Waals surface area contributed by atoms with Gasteiger partial charge in [0.05, 0.1) is 6.61 Å². The Bertz CT molecular complexity index is 541. The second-order valence-corrected chi connectivity index (χ2v) is 5.62. The van der Waals surface area contributed by atoms with Crippen molar-refractivity contribution in [2.75, 3.05) is 0 Å². The zero-order valence-electron chi connectivity index (χ0n) is 11.7. The number of aliphatic hydroxyl groups is 1. The maximum absolute atomic E-state index is 9.10. The van der Waals surface area contributed by atoms with Crippen LogP contribution < -0.4 is 0 Å². The highest BCUT2D eigenvalue weighted by molar-refractivity contribution is 5.55. The van der Waals surface area contributed by atoms with Crippen LogP contribution in [0.1, 0.15) is 37.7 Å². The highest BCUT2D eigenvalue weighted by Crippen LogP contribution is 2.26. The van der Waals surface area contributed by atoms with Gasteiger partial charge in [0.1, 0.15) is 6.33 Å². The van der Waals surface area contributed by atoms with E-state index in [1.54, 1.807) is 6.33 Å². The number of hydrogen-bond acceptors (Lipinski definition) is 3. The first-order valence-corrected chi connectivity index (χ1v) is 7.45. The molecule has 0 radical (unpaired) electrons. The SMILES string of the molecule is OCc1ccc(-c2ncnn2CC2CCCCC2)cc1. The van der Waals surface area contributed by atoms with Gasteiger partial charge >= 0.3 is 0 Å². The average molecular weight is 271 g/mol. The first kappa shape index (κ1) is 13.3. The number of benzene rings is 1. The van der Waals surface area contributed by atoms with Crippen molar-refractivity contribution in [2.45, 2.75) is 45.3 Å². The molecule has 1 aromatic heterocycles. The molecule has 3 rings (SSSR count). The molecular weight excluding hydrogens is 250 g/mol. The van der Waals surface area contributed by atoms with Crippen LogP contribution in [-0.2, 0) is 13.2 Å². The van der Waals surface area contributed by atoms with E-state index in [2.05, 4.69) is 10.1 Å². The summed E-state index contributed by atoms with van der Waals surface area (Å²) in [5.41, 5.74) is 1.99. The third kappa shape index (κ3) is 2.90. The van der Waals surface area contributed by atoms with Gasteiger partial charge in [0.15, 0.2) is 5.82 Å². The predicted octanol–water partition coefficient (Wildman–Crippen LogP) is 3.02. The lowest BCUT2D eigenvalue weighted by atomic mass is 9.89. The van der Waals surface area contributed by atoms with Crippen molar-refractivity contribution in [3.63, 3.8) is 0 Å². The second kappa shape index (κ2) is 6.18. The lowest BCUT2D eigenvalue weighted by Gasteiger charge is -2.21. The van der Waals surface area contributed by atoms with E-state index < -0.39 is 0 Å². The molecule has 4 heteroatoms. The van der Waals surface area contributed by atoms with Gasteiger partial charge in [-0.2, -0.15) is 5.10 Å². The number of rotatable bonds is 4. The summed E-state index contributed by atoms with van der Waals surface area (Å²) in [6.07, 6.45) is 8.33. The van der Waals surface area contributed by atoms with Gasteiger partial charge in [-0.05, 0) is 24.3 Å². The Kier molecular flexibility index (Phi) is 4.11. The summed E-state index contributed by atoms with van der Waals surface area (Å²) >= 11 is 0. The molecule has 4 nitrogen and oxygen atoms in total. The number of nitrogens with zero attached hydrogens (tertiary/aromatic N) is 3. The Labute approximate surface area is 119 Å². The fraction of sp³-hybridized carbons (Fsp3) is 0.500. The van der Waals surface area contributed by atoms with Gasteiger partial charge in [-0.25, -0.2) is 9.67 Å². The van der Waals surface area contributed by atoms with E-state index in [4.69, 9.17) is 5.11 Å². The molecule has 0 amide bonds. The van der Waals surface area contributed by atoms with Crippen molar-refractivity contribution in [2.24, 2.45) is 5.92 Å². The molecule has 0 bridgehead atoms. The lowest BCUT2D eigenvalue weighted by Crippen LogP contribution is -2.15. The predicted molar refractivity (Wildman–Crippen MR) is 78.0 cm³/mol. The van der Waals surface area contributed by atoms with Crippen LogP contribution >= 0.6 is 0 Å². The lowest BCUT2D eigenvalue weighted by molar-refractivity contribution is 0.282. The molecule has 1 N–H and O–H groups in total. The first-order chi connectivity index (χ1) is 9.86. The van der Waals surface area contributed by atoms with Crippen LogP contribution in [0.3, 0.4) is 0 Å². The van der Waals surface area contributed by atoms with Gasteiger partial charge in [-0.1, -0.05) is 43.5 Å². The maximum atomic E-state index is 9.10. The fourth-order valence-corrected chi connectivity index (χ4v) is 2.99. The Hall–Kier alpha value is -1.68. The summed E-state index contributed by atoms with van der Waals surface area (Å²) in [7, 11) is 0. The van der Waals surface area contributed by atoms with Gasteiger partial charge in [-0.3, -0.25) is 0 Å². The molecule has 2 aromatic rings. The van der Waals surface area contributed by atoms with Crippen LogP contribution in [0.15, 0.2) is 30.6 Å². The second-order valence-electron chi connectivity index (χ2n) is 5.62. The largest absolute Gasteiger partial charge is 0.392 e. The summed E-state index contributed by atoms with van der Waals surface area (Å²) in [5.74, 6) is 1.67. The Morgan fingerprint density at radius 2 is 1.85 bits per heavy atom. The zero-order chi connectivity index (χ0) is 13.8. The third-order valence-electron chi connectivity index (χ3n) is 4.17. The van der Waals surface area contributed by atoms with Crippen LogP contribution in [0.25, 0.3) is 11.4 Å². The average Bonchev–Trinajstić information content (AvgIpc) is 2.96. The topological polar surface area (TPSA) is 50.9 Å². The molecule has 1 aliphatic carbocycles. The number of hydrogen-bond donors (Lipinski definition) is 1. The van der Waals surface area contributed by atoms with E-state index in [0.717, 1.165) is 29.4 Å². The molecule has 0 aliphatic heterocycles. The summed E-state index contributed by atoms with van der Waals surface area (Å²) in [5, 5.41) is 13.5. The molecule has 0 saturated heterocycles. The van der Waals surface area contributed by atoms with Gasteiger partial charge in [0, 0.05) is 12.1 Å². The summed E-state index contributed by atoms with van der Waals surface area (Å²) in [6, 6.07) is 7.89. The van der Waals surface area contributed by atoms with E-state index in [0.29, 0.717) is 0 Å². The molecule has 0 atom stereocenters. The van der Waals surface area contributed by atoms with Gasteiger partial charge in [0.2, 0.25) is 0 Å². The minimum Gasteiger partial charge on any atom is -0.392 e. The Morgan fingerprint density at radius 3 is 2.55 bits per heavy atom. The summed E-state index contributed by atoms with van der Waals surface area (Å²) in [4.78, 5) is 4.40. The van der Waals surface area contributed by atoms with Crippen molar-refractivity contribution in [3.8, 4) is 11.4 Å². The molecular formula is C16H21N3O. The monoisotopic (exact) mass is 271 g/mol. The molecule has 0 spiro atoms. The normalized spacial score (nSPS) is 16.4. The standard InChI is InChI=1S/C16H21N3O/c20-11-14-6-8-15(9-7-14)16-17-12-18-19(16)10-13-4-2-1-3-5-13/h6-9,12-13,20H,1-5,10-11H2. The van der Waals surface area contributed by atoms with Crippen molar-refractivity contribution in [1.82, 2.24) is 14.8 Å². The third-order valence-corrected chi connectivity index (χ3v) is 4.17. The van der Waals surface area contributed by atoms with E-state index >= 15 is 0 Å². The molecule has 106 valence electrons. The van der Waals surface area contributed by atoms with Crippen LogP contribution in [0.4, 0.5) is 0 Å². The van der Waals surface area contributed by atoms with E-state index in [1.807, 2.05) is 28.9 Å². The van der Waals surface area contributed by atoms with Crippen LogP contribution in [0.2, 0.25) is 0 Å². The molecule has 1 fully saturated rings. The minimum atomic E-state index is 0.0784. The Balaban J connectivity index is 1.77. The van der Waals surface area contributed by atoms with E-state index in [1.165, 1.54) is 32.1 Å². The fourth-order valence-electron chi connectivity index (χ4n) is 2.99. The molecule has 1 aromatic carbocycles. The maximum Gasteiger partial charge on any atom is 0.158 e. The van der Waals surface area contributed by atoms with Crippen molar-refractivity contribution < 1.29 is 5.11 Å². The van der Waals surface area contributed by atoms with Crippen LogP contribution in [0.5, 0.6) is 0 Å². The van der Waals surface area contributed by atoms with E-state index in [9.17, 15) is 0 Å². The number of aromatic nitrogens is 3. The first-order valence-electron chi connectivity index (χ1n) is 7.45. The molecule has 1 aliphatic rings. The molecule has 1 heterocycles. The summed E-state index contributed by atoms with van der Waals surface area (Å²) in [6.45, 7) is 1.05. The number of aliphatic hydroxyl groups excluding tert-OH is 1. The smallest absolute Gasteiger partial charge is 0.158 e. The zero-order valence-corrected chi connectivity index (χ0v) is 11.7. The van der Waals surface area contributed by atoms with Crippen molar-refractivity contribution >= 4 is 0 Å². The van der Waals surface area contributed by atoms with Crippen LogP contribution in [-0.4, -0.2) is 19.9 Å². The van der Waals surface area contributed by atoms with E-state index in [-0.39, 0.29) is 6.61 Å². The quantitative estimate of drug-likeness (QED) is 0.930. The van der Waals surface area contributed by atoms with Gasteiger partial charge in [0.25, 0.3) is 0 Å². The van der Waals surface area contributed by atoms with Crippen molar-refractivity contribution in [3.05, 3.63) is 36.2 Å². The van der Waals surface area contributed by atoms with Crippen LogP contribution in [0, 0.1) is 5.92 Å². The minimum absolute atomic E-state index is 0.0784. The van der Waals surface area contributed by atoms with Gasteiger partial charge in [-0.15, -0.1) is 0 Å². The molecule has 20 heavy (non-hydrogen) atoms.